The van der Waals surface area contributed by atoms with Crippen LogP contribution in [0.5, 0.6) is 0 Å². The average molecular weight is 237 g/mol. The second-order valence-electron chi connectivity index (χ2n) is 3.17. The van der Waals surface area contributed by atoms with E-state index >= 15 is 0 Å². The van der Waals surface area contributed by atoms with Gasteiger partial charge in [0.15, 0.2) is 4.34 Å². The quantitative estimate of drug-likeness (QED) is 0.890. The lowest BCUT2D eigenvalue weighted by Gasteiger charge is -2.05. The Morgan fingerprint density at radius 1 is 1.47 bits per heavy atom. The minimum absolute atomic E-state index is 0.0788. The molecule has 1 N–H and O–H groups in total. The Labute approximate surface area is 97.0 Å². The summed E-state index contributed by atoms with van der Waals surface area (Å²) in [6.07, 6.45) is 1.79. The first-order valence-electron chi connectivity index (χ1n) is 4.57. The zero-order valence-corrected chi connectivity index (χ0v) is 9.94. The van der Waals surface area contributed by atoms with Crippen LogP contribution >= 0.6 is 23.1 Å². The molecule has 0 saturated heterocycles. The number of thiazole rings is 1. The minimum Gasteiger partial charge on any atom is -0.392 e. The Morgan fingerprint density at radius 2 is 2.33 bits per heavy atom. The zero-order chi connectivity index (χ0) is 10.7. The number of hydrogen-bond donors (Lipinski definition) is 1. The normalized spacial score (nSPS) is 10.5. The van der Waals surface area contributed by atoms with Gasteiger partial charge in [0.25, 0.3) is 0 Å². The molecular formula is C11H11NOS2. The van der Waals surface area contributed by atoms with Crippen LogP contribution in [-0.2, 0) is 6.61 Å². The molecule has 0 aliphatic rings. The fourth-order valence-corrected chi connectivity index (χ4v) is 2.97. The smallest absolute Gasteiger partial charge is 0.154 e. The number of benzene rings is 1. The van der Waals surface area contributed by atoms with Crippen molar-refractivity contribution in [2.24, 2.45) is 0 Å². The number of aryl methyl sites for hydroxylation is 1. The molecule has 0 aliphatic carbocycles. The Balaban J connectivity index is 2.28. The van der Waals surface area contributed by atoms with Gasteiger partial charge in [-0.3, -0.25) is 0 Å². The second-order valence-corrected chi connectivity index (χ2v) is 5.35. The van der Waals surface area contributed by atoms with Gasteiger partial charge in [-0.2, -0.15) is 0 Å². The molecule has 0 atom stereocenters. The maximum atomic E-state index is 9.24. The van der Waals surface area contributed by atoms with Crippen LogP contribution in [0.3, 0.4) is 0 Å². The summed E-state index contributed by atoms with van der Waals surface area (Å²) in [5.41, 5.74) is 2.14. The highest BCUT2D eigenvalue weighted by Crippen LogP contribution is 2.32. The number of hydrogen-bond acceptors (Lipinski definition) is 4. The van der Waals surface area contributed by atoms with E-state index in [9.17, 15) is 5.11 Å². The van der Waals surface area contributed by atoms with Crippen LogP contribution in [0.1, 0.15) is 11.1 Å². The summed E-state index contributed by atoms with van der Waals surface area (Å²) in [5, 5.41) is 11.2. The third kappa shape index (κ3) is 2.59. The fourth-order valence-electron chi connectivity index (χ4n) is 1.29. The second kappa shape index (κ2) is 4.79. The number of aromatic nitrogens is 1. The van der Waals surface area contributed by atoms with E-state index in [0.717, 1.165) is 14.8 Å². The maximum absolute atomic E-state index is 9.24. The highest BCUT2D eigenvalue weighted by atomic mass is 32.2. The molecule has 2 rings (SSSR count). The Kier molecular flexibility index (Phi) is 3.41. The molecule has 0 amide bonds. The van der Waals surface area contributed by atoms with Crippen molar-refractivity contribution >= 4 is 23.1 Å². The summed E-state index contributed by atoms with van der Waals surface area (Å²) in [7, 11) is 0. The van der Waals surface area contributed by atoms with Gasteiger partial charge in [0.2, 0.25) is 0 Å². The number of nitrogens with zero attached hydrogens (tertiary/aromatic N) is 1. The van der Waals surface area contributed by atoms with Gasteiger partial charge in [-0.15, -0.1) is 11.3 Å². The lowest BCUT2D eigenvalue weighted by atomic mass is 10.1. The van der Waals surface area contributed by atoms with Crippen molar-refractivity contribution < 1.29 is 5.11 Å². The van der Waals surface area contributed by atoms with Crippen LogP contribution in [0, 0.1) is 6.92 Å². The molecular weight excluding hydrogens is 226 g/mol. The first-order valence-corrected chi connectivity index (χ1v) is 6.27. The molecule has 0 aliphatic heterocycles. The molecule has 78 valence electrons. The van der Waals surface area contributed by atoms with E-state index in [2.05, 4.69) is 11.1 Å². The zero-order valence-electron chi connectivity index (χ0n) is 8.30. The van der Waals surface area contributed by atoms with Gasteiger partial charge >= 0.3 is 0 Å². The van der Waals surface area contributed by atoms with Crippen molar-refractivity contribution in [1.29, 1.82) is 0 Å². The molecule has 1 heterocycles. The van der Waals surface area contributed by atoms with E-state index in [1.807, 2.05) is 24.4 Å². The third-order valence-electron chi connectivity index (χ3n) is 1.99. The first-order chi connectivity index (χ1) is 7.29. The summed E-state index contributed by atoms with van der Waals surface area (Å²) in [6.45, 7) is 2.10. The van der Waals surface area contributed by atoms with Gasteiger partial charge in [-0.1, -0.05) is 29.5 Å². The highest BCUT2D eigenvalue weighted by molar-refractivity contribution is 8.01. The van der Waals surface area contributed by atoms with Crippen molar-refractivity contribution in [3.63, 3.8) is 0 Å². The summed E-state index contributed by atoms with van der Waals surface area (Å²) in [6, 6.07) is 6.10. The largest absolute Gasteiger partial charge is 0.392 e. The van der Waals surface area contributed by atoms with E-state index in [1.54, 1.807) is 29.3 Å². The number of rotatable bonds is 3. The van der Waals surface area contributed by atoms with Gasteiger partial charge in [0.05, 0.1) is 6.61 Å². The molecule has 2 aromatic rings. The summed E-state index contributed by atoms with van der Waals surface area (Å²) >= 11 is 3.21. The van der Waals surface area contributed by atoms with E-state index in [0.29, 0.717) is 0 Å². The molecule has 0 bridgehead atoms. The molecule has 0 spiro atoms. The molecule has 0 radical (unpaired) electrons. The third-order valence-corrected chi connectivity index (χ3v) is 3.99. The Bertz CT molecular complexity index is 440. The lowest BCUT2D eigenvalue weighted by molar-refractivity contribution is 0.279. The first kappa shape index (κ1) is 10.7. The SMILES string of the molecule is Cc1ccc(Sc2nccs2)c(CO)c1. The Hall–Kier alpha value is -0.840. The molecule has 0 saturated carbocycles. The van der Waals surface area contributed by atoms with Gasteiger partial charge < -0.3 is 5.11 Å². The molecule has 1 aromatic carbocycles. The summed E-state index contributed by atoms with van der Waals surface area (Å²) < 4.78 is 1.01. The predicted molar refractivity (Wildman–Crippen MR) is 63.3 cm³/mol. The van der Waals surface area contributed by atoms with Crippen LogP contribution in [0.2, 0.25) is 0 Å². The van der Waals surface area contributed by atoms with Crippen LogP contribution in [0.15, 0.2) is 39.0 Å². The van der Waals surface area contributed by atoms with Crippen LogP contribution in [0.25, 0.3) is 0 Å². The Morgan fingerprint density at radius 3 is 3.00 bits per heavy atom. The van der Waals surface area contributed by atoms with Crippen molar-refractivity contribution in [2.45, 2.75) is 22.8 Å². The highest BCUT2D eigenvalue weighted by Gasteiger charge is 2.05. The minimum atomic E-state index is 0.0788. The molecule has 1 aromatic heterocycles. The van der Waals surface area contributed by atoms with Crippen LogP contribution in [0.4, 0.5) is 0 Å². The average Bonchev–Trinajstić information content (AvgIpc) is 2.73. The monoisotopic (exact) mass is 237 g/mol. The maximum Gasteiger partial charge on any atom is 0.154 e. The van der Waals surface area contributed by atoms with Crippen molar-refractivity contribution in [2.75, 3.05) is 0 Å². The van der Waals surface area contributed by atoms with Gasteiger partial charge in [-0.05, 0) is 18.6 Å². The van der Waals surface area contributed by atoms with Crippen LogP contribution in [-0.4, -0.2) is 10.1 Å². The predicted octanol–water partition coefficient (Wildman–Crippen LogP) is 3.10. The summed E-state index contributed by atoms with van der Waals surface area (Å²) in [5.74, 6) is 0. The van der Waals surface area contributed by atoms with Crippen molar-refractivity contribution in [1.82, 2.24) is 4.98 Å². The van der Waals surface area contributed by atoms with E-state index in [1.165, 1.54) is 5.56 Å². The van der Waals surface area contributed by atoms with E-state index in [4.69, 9.17) is 0 Å². The van der Waals surface area contributed by atoms with Crippen molar-refractivity contribution in [3.8, 4) is 0 Å². The molecule has 4 heteroatoms. The fraction of sp³-hybridized carbons (Fsp3) is 0.182. The molecule has 0 fully saturated rings. The van der Waals surface area contributed by atoms with E-state index < -0.39 is 0 Å². The molecule has 15 heavy (non-hydrogen) atoms. The summed E-state index contributed by atoms with van der Waals surface area (Å²) in [4.78, 5) is 5.29. The van der Waals surface area contributed by atoms with Gasteiger partial charge in [-0.25, -0.2) is 4.98 Å². The van der Waals surface area contributed by atoms with Crippen LogP contribution < -0.4 is 0 Å². The lowest BCUT2D eigenvalue weighted by Crippen LogP contribution is -1.88. The van der Waals surface area contributed by atoms with E-state index in [-0.39, 0.29) is 6.61 Å². The van der Waals surface area contributed by atoms with Crippen molar-refractivity contribution in [3.05, 3.63) is 40.9 Å². The topological polar surface area (TPSA) is 33.1 Å². The van der Waals surface area contributed by atoms with Gasteiger partial charge in [0, 0.05) is 16.5 Å². The number of aliphatic hydroxyl groups is 1. The standard InChI is InChI=1S/C11H11NOS2/c1-8-2-3-10(9(6-8)7-13)15-11-12-4-5-14-11/h2-6,13H,7H2,1H3. The number of aliphatic hydroxyl groups excluding tert-OH is 1. The molecule has 0 unspecified atom stereocenters. The molecule has 2 nitrogen and oxygen atoms in total. The van der Waals surface area contributed by atoms with Gasteiger partial charge in [0.1, 0.15) is 0 Å².